The molecular formula is C29H39N5O12S4. The van der Waals surface area contributed by atoms with Crippen molar-refractivity contribution in [2.24, 2.45) is 10.2 Å². The Kier molecular flexibility index (Phi) is 17.9. The molecule has 4 aromatic rings. The van der Waals surface area contributed by atoms with E-state index in [1.165, 1.54) is 11.3 Å². The van der Waals surface area contributed by atoms with E-state index >= 15 is 0 Å². The van der Waals surface area contributed by atoms with Crippen LogP contribution in [0.15, 0.2) is 58.8 Å². The molecule has 1 aromatic heterocycles. The average Bonchev–Trinajstić information content (AvgIpc) is 3.40. The van der Waals surface area contributed by atoms with Crippen LogP contribution in [0.4, 0.5) is 22.2 Å². The summed E-state index contributed by atoms with van der Waals surface area (Å²) in [5.74, 6) is 0.192. The molecule has 0 aliphatic carbocycles. The molecule has 21 heteroatoms. The molecule has 0 unspecified atom stereocenters. The number of benzene rings is 3. The molecule has 1 heterocycles. The third kappa shape index (κ3) is 16.9. The fourth-order valence-electron chi connectivity index (χ4n) is 3.77. The van der Waals surface area contributed by atoms with E-state index in [9.17, 15) is 21.9 Å². The molecule has 4 rings (SSSR count). The van der Waals surface area contributed by atoms with Gasteiger partial charge in [-0.1, -0.05) is 30.9 Å². The summed E-state index contributed by atoms with van der Waals surface area (Å²) < 4.78 is 96.7. The fourth-order valence-corrected chi connectivity index (χ4v) is 5.59. The van der Waals surface area contributed by atoms with Crippen LogP contribution in [0.1, 0.15) is 37.0 Å². The van der Waals surface area contributed by atoms with Gasteiger partial charge in [-0.25, -0.2) is 4.98 Å². The summed E-state index contributed by atoms with van der Waals surface area (Å²) in [6.07, 6.45) is 0.358. The van der Waals surface area contributed by atoms with E-state index in [2.05, 4.69) is 15.2 Å². The molecule has 0 atom stereocenters. The first-order valence-electron chi connectivity index (χ1n) is 14.0. The van der Waals surface area contributed by atoms with Gasteiger partial charge in [-0.15, -0.1) is 22.9 Å². The zero-order valence-corrected chi connectivity index (χ0v) is 29.5. The van der Waals surface area contributed by atoms with Crippen LogP contribution >= 0.6 is 11.3 Å². The van der Waals surface area contributed by atoms with E-state index in [1.54, 1.807) is 30.3 Å². The number of nitrogens with two attached hydrogens (primary N) is 2. The van der Waals surface area contributed by atoms with Crippen molar-refractivity contribution in [2.45, 2.75) is 40.7 Å². The van der Waals surface area contributed by atoms with Gasteiger partial charge in [0.05, 0.1) is 58.6 Å². The first kappa shape index (κ1) is 43.8. The van der Waals surface area contributed by atoms with Gasteiger partial charge in [-0.3, -0.25) is 9.11 Å². The minimum Gasteiger partial charge on any atom is -0.491 e. The Morgan fingerprint density at radius 3 is 1.92 bits per heavy atom. The highest BCUT2D eigenvalue weighted by atomic mass is 32.2. The highest BCUT2D eigenvalue weighted by Gasteiger charge is 2.10. The van der Waals surface area contributed by atoms with Crippen LogP contribution < -0.4 is 20.9 Å². The maximum atomic E-state index is 10.8. The second kappa shape index (κ2) is 20.4. The molecule has 0 saturated heterocycles. The van der Waals surface area contributed by atoms with Crippen LogP contribution in [0.25, 0.3) is 10.2 Å². The molecule has 0 aliphatic heterocycles. The van der Waals surface area contributed by atoms with Gasteiger partial charge in [-0.05, 0) is 73.7 Å². The lowest BCUT2D eigenvalue weighted by Gasteiger charge is -2.10. The summed E-state index contributed by atoms with van der Waals surface area (Å²) in [5.41, 5.74) is 16.5. The van der Waals surface area contributed by atoms with Gasteiger partial charge in [0.15, 0.2) is 0 Å². The lowest BCUT2D eigenvalue weighted by Crippen LogP contribution is -2.09. The summed E-state index contributed by atoms with van der Waals surface area (Å²) in [4.78, 5) is 4.40. The van der Waals surface area contributed by atoms with Crippen LogP contribution in [0.3, 0.4) is 0 Å². The van der Waals surface area contributed by atoms with Gasteiger partial charge < -0.3 is 26.0 Å². The number of nitrogens with zero attached hydrogens (tertiary/aromatic N) is 3. The lowest BCUT2D eigenvalue weighted by molar-refractivity contribution is 0.282. The number of hydrogen-bond acceptors (Lipinski definition) is 16. The highest BCUT2D eigenvalue weighted by molar-refractivity contribution is 7.86. The lowest BCUT2D eigenvalue weighted by atomic mass is 10.1. The number of anilines is 2. The second-order valence-corrected chi connectivity index (χ2v) is 14.6. The number of fused-ring (bicyclic) bond motifs is 1. The van der Waals surface area contributed by atoms with Crippen LogP contribution in [0.2, 0.25) is 0 Å². The topological polar surface area (TPSA) is 288 Å². The highest BCUT2D eigenvalue weighted by Crippen LogP contribution is 2.34. The minimum atomic E-state index is -4.02. The number of aryl methyl sites for hydroxylation is 2. The van der Waals surface area contributed by atoms with Gasteiger partial charge in [0.25, 0.3) is 20.2 Å². The standard InChI is InChI=1S/C18H20N4O5S2.C10H15NO4S.CH4.O3S/c1-11-7-13(19)16(27-5-2-6-29(24,25)26)9-15(11)21-22-18-20-14-4-3-12(10-23)8-17(14)28-18;1-8-3-4-10(9(11)7-8)15-5-2-6-16(12,13)14;;1-4(2)3/h3-4,7-9,23H,2,5-6,10,19H2,1H3,(H,24,25,26);3-4,7H,2,5-6,11H2,1H3,(H,12,13,14);1H4;. The summed E-state index contributed by atoms with van der Waals surface area (Å²) in [6, 6.07) is 14.2. The van der Waals surface area contributed by atoms with Crippen molar-refractivity contribution >= 4 is 74.6 Å². The van der Waals surface area contributed by atoms with Gasteiger partial charge in [0.2, 0.25) is 5.13 Å². The quantitative estimate of drug-likeness (QED) is 0.0536. The van der Waals surface area contributed by atoms with E-state index in [0.29, 0.717) is 33.7 Å². The molecule has 7 N–H and O–H groups in total. The van der Waals surface area contributed by atoms with Crippen LogP contribution in [0.5, 0.6) is 11.5 Å². The van der Waals surface area contributed by atoms with Crippen LogP contribution in [0, 0.1) is 13.8 Å². The van der Waals surface area contributed by atoms with Crippen molar-refractivity contribution in [3.63, 3.8) is 0 Å². The number of rotatable bonds is 13. The summed E-state index contributed by atoms with van der Waals surface area (Å²) in [7, 11) is -11.0. The summed E-state index contributed by atoms with van der Waals surface area (Å²) >= 11 is 1.36. The van der Waals surface area contributed by atoms with Gasteiger partial charge in [0.1, 0.15) is 11.5 Å². The molecule has 0 spiro atoms. The predicted molar refractivity (Wildman–Crippen MR) is 190 cm³/mol. The van der Waals surface area contributed by atoms with Gasteiger partial charge in [0, 0.05) is 6.07 Å². The monoisotopic (exact) mass is 777 g/mol. The Morgan fingerprint density at radius 1 is 0.820 bits per heavy atom. The zero-order chi connectivity index (χ0) is 36.8. The first-order valence-corrected chi connectivity index (χ1v) is 19.0. The Bertz CT molecular complexity index is 2080. The van der Waals surface area contributed by atoms with Gasteiger partial charge >= 0.3 is 10.6 Å². The van der Waals surface area contributed by atoms with Crippen molar-refractivity contribution in [2.75, 3.05) is 36.2 Å². The van der Waals surface area contributed by atoms with Crippen molar-refractivity contribution in [1.29, 1.82) is 0 Å². The van der Waals surface area contributed by atoms with Crippen LogP contribution in [-0.2, 0) is 37.5 Å². The van der Waals surface area contributed by atoms with E-state index < -0.39 is 30.8 Å². The number of thiazole rings is 1. The largest absolute Gasteiger partial charge is 0.491 e. The summed E-state index contributed by atoms with van der Waals surface area (Å²) in [6.45, 7) is 3.99. The molecular weight excluding hydrogens is 739 g/mol. The van der Waals surface area contributed by atoms with Crippen LogP contribution in [-0.4, -0.2) is 73.4 Å². The Labute approximate surface area is 295 Å². The number of aliphatic hydroxyl groups excluding tert-OH is 1. The molecule has 0 bridgehead atoms. The third-order valence-electron chi connectivity index (χ3n) is 5.97. The molecule has 0 radical (unpaired) electrons. The van der Waals surface area contributed by atoms with Gasteiger partial charge in [-0.2, -0.15) is 16.8 Å². The number of hydrogen-bond donors (Lipinski definition) is 5. The van der Waals surface area contributed by atoms with Crippen molar-refractivity contribution < 1.29 is 53.1 Å². The van der Waals surface area contributed by atoms with E-state index in [0.717, 1.165) is 26.9 Å². The molecule has 0 amide bonds. The maximum absolute atomic E-state index is 10.8. The third-order valence-corrected chi connectivity index (χ3v) is 8.48. The number of ether oxygens (including phenoxy) is 2. The minimum absolute atomic E-state index is 0. The number of nitrogen functional groups attached to an aromatic ring is 2. The van der Waals surface area contributed by atoms with E-state index in [4.69, 9.17) is 42.7 Å². The normalized spacial score (nSPS) is 11.1. The Balaban J connectivity index is 0.000000503. The molecule has 0 fully saturated rings. The molecule has 50 heavy (non-hydrogen) atoms. The number of azo groups is 1. The van der Waals surface area contributed by atoms with Crippen molar-refractivity contribution in [1.82, 2.24) is 4.98 Å². The Hall–Kier alpha value is -4.25. The maximum Gasteiger partial charge on any atom is 0.425 e. The average molecular weight is 778 g/mol. The number of aromatic nitrogens is 1. The predicted octanol–water partition coefficient (Wildman–Crippen LogP) is 4.62. The van der Waals surface area contributed by atoms with Crippen molar-refractivity contribution in [3.05, 3.63) is 65.2 Å². The first-order chi connectivity index (χ1) is 22.9. The molecule has 276 valence electrons. The second-order valence-electron chi connectivity index (χ2n) is 10.1. The van der Waals surface area contributed by atoms with E-state index in [-0.39, 0.29) is 51.6 Å². The van der Waals surface area contributed by atoms with E-state index in [1.807, 2.05) is 32.0 Å². The smallest absolute Gasteiger partial charge is 0.425 e. The summed E-state index contributed by atoms with van der Waals surface area (Å²) in [5, 5.41) is 18.1. The van der Waals surface area contributed by atoms with Crippen molar-refractivity contribution in [3.8, 4) is 11.5 Å². The fraction of sp³-hybridized carbons (Fsp3) is 0.345. The zero-order valence-electron chi connectivity index (χ0n) is 26.2. The Morgan fingerprint density at radius 2 is 1.38 bits per heavy atom. The molecule has 17 nitrogen and oxygen atoms in total. The molecule has 0 aliphatic rings. The SMILES string of the molecule is C.Cc1cc(N)c(OCCCS(=O)(=O)O)cc1N=Nc1nc2ccc(CO)cc2s1.Cc1ccc(OCCCS(=O)(=O)O)c(N)c1.O=S(=O)=O. The number of aliphatic hydroxyl groups is 1. The molecule has 0 saturated carbocycles. The molecule has 3 aromatic carbocycles.